The Labute approximate surface area is 90.1 Å². The number of rotatable bonds is 6. The predicted octanol–water partition coefficient (Wildman–Crippen LogP) is 0.337. The molecular formula is C10H19NO4. The molecule has 0 heterocycles. The lowest BCUT2D eigenvalue weighted by Gasteiger charge is -2.21. The van der Waals surface area contributed by atoms with Crippen molar-refractivity contribution in [2.45, 2.75) is 26.3 Å². The third-order valence-electron chi connectivity index (χ3n) is 2.36. The van der Waals surface area contributed by atoms with Crippen molar-refractivity contribution in [1.82, 2.24) is 5.32 Å². The molecule has 0 aliphatic heterocycles. The minimum absolute atomic E-state index is 0.0145. The maximum atomic E-state index is 11.4. The van der Waals surface area contributed by atoms with E-state index in [9.17, 15) is 9.59 Å². The van der Waals surface area contributed by atoms with Crippen molar-refractivity contribution in [2.24, 2.45) is 5.92 Å². The van der Waals surface area contributed by atoms with Crippen molar-refractivity contribution >= 4 is 11.9 Å². The van der Waals surface area contributed by atoms with Crippen LogP contribution in [0.1, 0.15) is 20.3 Å². The van der Waals surface area contributed by atoms with Crippen molar-refractivity contribution in [3.8, 4) is 0 Å². The summed E-state index contributed by atoms with van der Waals surface area (Å²) in [6.07, 6.45) is 0.827. The quantitative estimate of drug-likeness (QED) is 0.650. The van der Waals surface area contributed by atoms with E-state index in [4.69, 9.17) is 0 Å². The molecule has 5 nitrogen and oxygen atoms in total. The van der Waals surface area contributed by atoms with E-state index in [-0.39, 0.29) is 18.4 Å². The van der Waals surface area contributed by atoms with E-state index in [1.807, 2.05) is 13.8 Å². The zero-order valence-electron chi connectivity index (χ0n) is 9.70. The maximum Gasteiger partial charge on any atom is 0.323 e. The lowest BCUT2D eigenvalue weighted by molar-refractivity contribution is -0.145. The first-order valence-corrected chi connectivity index (χ1v) is 4.94. The van der Waals surface area contributed by atoms with E-state index in [1.54, 1.807) is 0 Å². The average molecular weight is 217 g/mol. The van der Waals surface area contributed by atoms with Gasteiger partial charge >= 0.3 is 11.9 Å². The zero-order chi connectivity index (χ0) is 11.8. The molecule has 0 bridgehead atoms. The molecule has 0 rings (SSSR count). The summed E-state index contributed by atoms with van der Waals surface area (Å²) in [5, 5.41) is 2.82. The monoisotopic (exact) mass is 217 g/mol. The number of nitrogens with one attached hydrogen (secondary N) is 1. The minimum Gasteiger partial charge on any atom is -0.468 e. The Balaban J connectivity index is 4.25. The first-order chi connectivity index (χ1) is 7.06. The second-order valence-corrected chi connectivity index (χ2v) is 3.34. The summed E-state index contributed by atoms with van der Waals surface area (Å²) < 4.78 is 9.12. The van der Waals surface area contributed by atoms with Gasteiger partial charge < -0.3 is 9.47 Å². The Morgan fingerprint density at radius 2 is 1.87 bits per heavy atom. The smallest absolute Gasteiger partial charge is 0.323 e. The summed E-state index contributed by atoms with van der Waals surface area (Å²) >= 11 is 0. The normalized spacial score (nSPS) is 14.1. The summed E-state index contributed by atoms with van der Waals surface area (Å²) in [4.78, 5) is 22.3. The molecule has 0 spiro atoms. The molecule has 0 saturated carbocycles. The predicted molar refractivity (Wildman–Crippen MR) is 55.3 cm³/mol. The molecule has 15 heavy (non-hydrogen) atoms. The van der Waals surface area contributed by atoms with E-state index < -0.39 is 12.0 Å². The fourth-order valence-electron chi connectivity index (χ4n) is 1.14. The summed E-state index contributed by atoms with van der Waals surface area (Å²) in [5.74, 6) is -0.637. The molecule has 0 fully saturated rings. The number of esters is 2. The van der Waals surface area contributed by atoms with Gasteiger partial charge in [-0.3, -0.25) is 14.9 Å². The third kappa shape index (κ3) is 4.78. The Hall–Kier alpha value is -1.10. The number of methoxy groups -OCH3 is 2. The number of carbonyl (C=O) groups is 2. The van der Waals surface area contributed by atoms with Gasteiger partial charge in [-0.2, -0.15) is 0 Å². The van der Waals surface area contributed by atoms with E-state index in [2.05, 4.69) is 14.8 Å². The second kappa shape index (κ2) is 7.23. The molecule has 0 radical (unpaired) electrons. The van der Waals surface area contributed by atoms with Gasteiger partial charge in [-0.1, -0.05) is 20.3 Å². The van der Waals surface area contributed by atoms with Crippen LogP contribution in [0.5, 0.6) is 0 Å². The van der Waals surface area contributed by atoms with Gasteiger partial charge in [-0.05, 0) is 5.92 Å². The second-order valence-electron chi connectivity index (χ2n) is 3.34. The van der Waals surface area contributed by atoms with Gasteiger partial charge in [0.2, 0.25) is 0 Å². The molecule has 1 N–H and O–H groups in total. The molecule has 0 aromatic carbocycles. The van der Waals surface area contributed by atoms with Crippen molar-refractivity contribution in [3.63, 3.8) is 0 Å². The maximum absolute atomic E-state index is 11.4. The molecule has 0 aromatic rings. The summed E-state index contributed by atoms with van der Waals surface area (Å²) in [5.41, 5.74) is 0. The fraction of sp³-hybridized carbons (Fsp3) is 0.800. The highest BCUT2D eigenvalue weighted by atomic mass is 16.5. The molecule has 0 aliphatic rings. The number of hydrogen-bond acceptors (Lipinski definition) is 5. The standard InChI is InChI=1S/C10H19NO4/c1-5-7(2)9(10(13)15-4)11-6-8(12)14-3/h7,9,11H,5-6H2,1-4H3/t7?,9-/m0/s1. The Bertz CT molecular complexity index is 217. The van der Waals surface area contributed by atoms with Crippen molar-refractivity contribution in [3.05, 3.63) is 0 Å². The highest BCUT2D eigenvalue weighted by Crippen LogP contribution is 2.08. The van der Waals surface area contributed by atoms with Gasteiger partial charge in [0.15, 0.2) is 0 Å². The van der Waals surface area contributed by atoms with Crippen LogP contribution in [0.4, 0.5) is 0 Å². The molecular weight excluding hydrogens is 198 g/mol. The molecule has 2 atom stereocenters. The van der Waals surface area contributed by atoms with E-state index in [1.165, 1.54) is 14.2 Å². The number of carbonyl (C=O) groups excluding carboxylic acids is 2. The summed E-state index contributed by atoms with van der Waals surface area (Å²) in [6.45, 7) is 3.91. The van der Waals surface area contributed by atoms with Crippen LogP contribution in [-0.2, 0) is 19.1 Å². The SMILES string of the molecule is CCC(C)[C@H](NCC(=O)OC)C(=O)OC. The van der Waals surface area contributed by atoms with Crippen LogP contribution < -0.4 is 5.32 Å². The van der Waals surface area contributed by atoms with E-state index in [0.29, 0.717) is 0 Å². The van der Waals surface area contributed by atoms with E-state index in [0.717, 1.165) is 6.42 Å². The van der Waals surface area contributed by atoms with Crippen LogP contribution in [0.2, 0.25) is 0 Å². The fourth-order valence-corrected chi connectivity index (χ4v) is 1.14. The summed E-state index contributed by atoms with van der Waals surface area (Å²) in [6, 6.07) is -0.459. The Morgan fingerprint density at radius 3 is 2.27 bits per heavy atom. The van der Waals surface area contributed by atoms with Gasteiger partial charge in [-0.25, -0.2) is 0 Å². The van der Waals surface area contributed by atoms with Gasteiger partial charge in [-0.15, -0.1) is 0 Å². The van der Waals surface area contributed by atoms with E-state index >= 15 is 0 Å². The van der Waals surface area contributed by atoms with Crippen LogP contribution in [-0.4, -0.2) is 38.7 Å². The topological polar surface area (TPSA) is 64.6 Å². The largest absolute Gasteiger partial charge is 0.468 e. The number of hydrogen-bond donors (Lipinski definition) is 1. The van der Waals surface area contributed by atoms with Crippen molar-refractivity contribution < 1.29 is 19.1 Å². The Morgan fingerprint density at radius 1 is 1.27 bits per heavy atom. The molecule has 88 valence electrons. The van der Waals surface area contributed by atoms with Crippen LogP contribution in [0, 0.1) is 5.92 Å². The zero-order valence-corrected chi connectivity index (χ0v) is 9.70. The molecule has 5 heteroatoms. The molecule has 0 aromatic heterocycles. The highest BCUT2D eigenvalue weighted by Gasteiger charge is 2.24. The average Bonchev–Trinajstić information content (AvgIpc) is 2.27. The minimum atomic E-state index is -0.459. The molecule has 0 saturated heterocycles. The van der Waals surface area contributed by atoms with Gasteiger partial charge in [0, 0.05) is 0 Å². The van der Waals surface area contributed by atoms with Crippen molar-refractivity contribution in [2.75, 3.05) is 20.8 Å². The first kappa shape index (κ1) is 13.9. The van der Waals surface area contributed by atoms with Crippen LogP contribution in [0.15, 0.2) is 0 Å². The lowest BCUT2D eigenvalue weighted by atomic mass is 9.99. The summed E-state index contributed by atoms with van der Waals surface area (Å²) in [7, 11) is 2.64. The van der Waals surface area contributed by atoms with Gasteiger partial charge in [0.05, 0.1) is 20.8 Å². The van der Waals surface area contributed by atoms with Crippen LogP contribution >= 0.6 is 0 Å². The van der Waals surface area contributed by atoms with Gasteiger partial charge in [0.25, 0.3) is 0 Å². The third-order valence-corrected chi connectivity index (χ3v) is 2.36. The molecule has 0 amide bonds. The first-order valence-electron chi connectivity index (χ1n) is 4.94. The van der Waals surface area contributed by atoms with Gasteiger partial charge in [0.1, 0.15) is 6.04 Å². The highest BCUT2D eigenvalue weighted by molar-refractivity contribution is 5.77. The molecule has 0 aliphatic carbocycles. The lowest BCUT2D eigenvalue weighted by Crippen LogP contribution is -2.44. The van der Waals surface area contributed by atoms with Crippen molar-refractivity contribution in [1.29, 1.82) is 0 Å². The van der Waals surface area contributed by atoms with Crippen LogP contribution in [0.3, 0.4) is 0 Å². The molecule has 1 unspecified atom stereocenters. The Kier molecular flexibility index (Phi) is 6.70. The number of ether oxygens (including phenoxy) is 2. The van der Waals surface area contributed by atoms with Crippen LogP contribution in [0.25, 0.3) is 0 Å².